The van der Waals surface area contributed by atoms with Crippen LogP contribution in [0.3, 0.4) is 0 Å². The molecule has 2 nitrogen and oxygen atoms in total. The largest absolute Gasteiger partial charge is 0.305 e. The van der Waals surface area contributed by atoms with Gasteiger partial charge in [-0.3, -0.25) is 0 Å². The maximum atomic E-state index is 4.57. The third kappa shape index (κ3) is 6.32. The fourth-order valence-electron chi connectivity index (χ4n) is 5.63. The zero-order chi connectivity index (χ0) is 30.3. The van der Waals surface area contributed by atoms with Gasteiger partial charge in [-0.2, -0.15) is 11.3 Å². The van der Waals surface area contributed by atoms with Gasteiger partial charge in [-0.15, -0.1) is 47.5 Å². The Morgan fingerprint density at radius 3 is 2.00 bits per heavy atom. The number of rotatable bonds is 2. The zero-order valence-corrected chi connectivity index (χ0v) is 28.9. The normalized spacial score (nSPS) is 11.4. The first-order valence-electron chi connectivity index (χ1n) is 14.9. The van der Waals surface area contributed by atoms with Crippen LogP contribution >= 0.6 is 11.3 Å². The van der Waals surface area contributed by atoms with Crippen molar-refractivity contribution in [2.45, 2.75) is 33.1 Å². The molecule has 3 heterocycles. The molecule has 0 aliphatic rings. The summed E-state index contributed by atoms with van der Waals surface area (Å²) in [6, 6.07) is 45.1. The van der Waals surface area contributed by atoms with E-state index in [1.807, 2.05) is 29.8 Å². The van der Waals surface area contributed by atoms with Crippen molar-refractivity contribution in [2.24, 2.45) is 0 Å². The molecule has 3 aromatic heterocycles. The Morgan fingerprint density at radius 2 is 1.22 bits per heavy atom. The molecule has 0 N–H and O–H groups in total. The maximum absolute atomic E-state index is 4.57. The summed E-state index contributed by atoms with van der Waals surface area (Å²) in [5, 5.41) is 7.62. The van der Waals surface area contributed by atoms with Crippen LogP contribution in [0, 0.1) is 19.1 Å². The first-order chi connectivity index (χ1) is 21.3. The van der Waals surface area contributed by atoms with Crippen LogP contribution < -0.4 is 0 Å². The molecule has 5 aromatic carbocycles. The molecule has 0 spiro atoms. The number of pyridine rings is 2. The van der Waals surface area contributed by atoms with Crippen molar-refractivity contribution in [3.05, 3.63) is 145 Å². The topological polar surface area (TPSA) is 25.8 Å². The van der Waals surface area contributed by atoms with Crippen LogP contribution in [-0.4, -0.2) is 9.97 Å². The van der Waals surface area contributed by atoms with E-state index in [1.54, 1.807) is 0 Å². The third-order valence-corrected chi connectivity index (χ3v) is 9.21. The molecule has 0 unspecified atom stereocenters. The maximum Gasteiger partial charge on any atom is 0.0239 e. The van der Waals surface area contributed by atoms with Crippen molar-refractivity contribution in [3.8, 4) is 22.5 Å². The Kier molecular flexibility index (Phi) is 8.66. The van der Waals surface area contributed by atoms with E-state index in [2.05, 4.69) is 153 Å². The summed E-state index contributed by atoms with van der Waals surface area (Å²) in [5.41, 5.74) is 6.71. The second kappa shape index (κ2) is 12.7. The van der Waals surface area contributed by atoms with Gasteiger partial charge >= 0.3 is 0 Å². The molecule has 0 saturated carbocycles. The van der Waals surface area contributed by atoms with Gasteiger partial charge in [0.2, 0.25) is 0 Å². The average molecular weight is 777 g/mol. The summed E-state index contributed by atoms with van der Waals surface area (Å²) in [5.74, 6) is 0. The van der Waals surface area contributed by atoms with Gasteiger partial charge in [0, 0.05) is 37.2 Å². The smallest absolute Gasteiger partial charge is 0.0239 e. The first-order valence-corrected chi connectivity index (χ1v) is 15.7. The first kappa shape index (κ1) is 30.8. The molecular formula is C41H32IrN2S-2. The summed E-state index contributed by atoms with van der Waals surface area (Å²) < 4.78 is 2.60. The van der Waals surface area contributed by atoms with E-state index in [1.165, 1.54) is 52.8 Å². The number of benzene rings is 5. The predicted octanol–water partition coefficient (Wildman–Crippen LogP) is 11.4. The van der Waals surface area contributed by atoms with Crippen LogP contribution in [0.2, 0.25) is 0 Å². The Hall–Kier alpha value is -4.21. The number of thiophene rings is 1. The van der Waals surface area contributed by atoms with Crippen molar-refractivity contribution in [3.63, 3.8) is 0 Å². The van der Waals surface area contributed by atoms with Gasteiger partial charge in [0.25, 0.3) is 0 Å². The van der Waals surface area contributed by atoms with E-state index in [0.29, 0.717) is 0 Å². The van der Waals surface area contributed by atoms with E-state index < -0.39 is 0 Å². The number of aromatic nitrogens is 2. The average Bonchev–Trinajstić information content (AvgIpc) is 3.42. The van der Waals surface area contributed by atoms with Gasteiger partial charge in [0.15, 0.2) is 0 Å². The number of hydrogen-bond acceptors (Lipinski definition) is 3. The standard InChI is InChI=1S/C21H18NS.C20H14N.Ir/c1-21(2,3)15-10-11-22-18(13-15)14-8-9-20-17(12-14)16-6-4-5-7-19(16)23-20;1-14-10-11-21-20(12-14)17-9-8-16-7-6-15-4-2-3-5-18(15)19(16)13-17;/h4-7,9-13H,1-3H3;2-8,10-13H,1H3;/q2*-1;. The van der Waals surface area contributed by atoms with Crippen molar-refractivity contribution in [2.75, 3.05) is 0 Å². The van der Waals surface area contributed by atoms with Crippen LogP contribution in [0.25, 0.3) is 64.2 Å². The molecule has 0 fully saturated rings. The molecule has 1 radical (unpaired) electrons. The Labute approximate surface area is 282 Å². The van der Waals surface area contributed by atoms with Crippen LogP contribution in [0.1, 0.15) is 31.9 Å². The predicted molar refractivity (Wildman–Crippen MR) is 188 cm³/mol. The van der Waals surface area contributed by atoms with Crippen molar-refractivity contribution < 1.29 is 20.1 Å². The molecular weight excluding hydrogens is 745 g/mol. The number of nitrogens with zero attached hydrogens (tertiary/aromatic N) is 2. The van der Waals surface area contributed by atoms with Gasteiger partial charge in [0.05, 0.1) is 0 Å². The van der Waals surface area contributed by atoms with E-state index in [-0.39, 0.29) is 25.5 Å². The second-order valence-electron chi connectivity index (χ2n) is 12.3. The Bertz CT molecular complexity index is 2290. The monoisotopic (exact) mass is 777 g/mol. The SMILES string of the molecule is CC(C)(C)c1ccnc(-c2[c-]cc3sc4ccccc4c3c2)c1.Cc1ccnc(-c2[c-]cc3ccc4ccccc4c3c2)c1.[Ir]. The Morgan fingerprint density at radius 1 is 0.578 bits per heavy atom. The van der Waals surface area contributed by atoms with E-state index in [4.69, 9.17) is 0 Å². The van der Waals surface area contributed by atoms with Crippen LogP contribution in [0.4, 0.5) is 0 Å². The number of aryl methyl sites for hydroxylation is 1. The van der Waals surface area contributed by atoms with Crippen LogP contribution in [-0.2, 0) is 25.5 Å². The molecule has 223 valence electrons. The van der Waals surface area contributed by atoms with E-state index in [0.717, 1.165) is 22.5 Å². The summed E-state index contributed by atoms with van der Waals surface area (Å²) in [6.07, 6.45) is 3.76. The minimum absolute atomic E-state index is 0. The summed E-state index contributed by atoms with van der Waals surface area (Å²) >= 11 is 1.82. The van der Waals surface area contributed by atoms with Gasteiger partial charge in [0.1, 0.15) is 0 Å². The zero-order valence-electron chi connectivity index (χ0n) is 25.7. The minimum atomic E-state index is 0. The van der Waals surface area contributed by atoms with E-state index >= 15 is 0 Å². The van der Waals surface area contributed by atoms with Crippen molar-refractivity contribution >= 4 is 53.1 Å². The molecule has 0 bridgehead atoms. The molecule has 8 rings (SSSR count). The molecule has 0 amide bonds. The molecule has 0 atom stereocenters. The van der Waals surface area contributed by atoms with Crippen molar-refractivity contribution in [1.29, 1.82) is 0 Å². The van der Waals surface area contributed by atoms with Crippen LogP contribution in [0.5, 0.6) is 0 Å². The minimum Gasteiger partial charge on any atom is -0.305 e. The Balaban J connectivity index is 0.000000156. The quantitative estimate of drug-likeness (QED) is 0.129. The molecule has 45 heavy (non-hydrogen) atoms. The summed E-state index contributed by atoms with van der Waals surface area (Å²) in [7, 11) is 0. The fraction of sp³-hybridized carbons (Fsp3) is 0.122. The van der Waals surface area contributed by atoms with Gasteiger partial charge in [-0.25, -0.2) is 0 Å². The molecule has 0 aliphatic carbocycles. The number of hydrogen-bond donors (Lipinski definition) is 0. The second-order valence-corrected chi connectivity index (χ2v) is 13.3. The van der Waals surface area contributed by atoms with Gasteiger partial charge in [-0.1, -0.05) is 109 Å². The molecule has 4 heteroatoms. The number of fused-ring (bicyclic) bond motifs is 6. The van der Waals surface area contributed by atoms with Crippen molar-refractivity contribution in [1.82, 2.24) is 9.97 Å². The summed E-state index contributed by atoms with van der Waals surface area (Å²) in [6.45, 7) is 8.77. The summed E-state index contributed by atoms with van der Waals surface area (Å²) in [4.78, 5) is 9.03. The fourth-order valence-corrected chi connectivity index (χ4v) is 6.70. The van der Waals surface area contributed by atoms with Gasteiger partial charge in [-0.05, 0) is 68.3 Å². The van der Waals surface area contributed by atoms with Gasteiger partial charge < -0.3 is 9.97 Å². The molecule has 0 aliphatic heterocycles. The third-order valence-electron chi connectivity index (χ3n) is 8.08. The molecule has 0 saturated heterocycles. The molecule has 8 aromatic rings. The van der Waals surface area contributed by atoms with E-state index in [9.17, 15) is 0 Å². The van der Waals surface area contributed by atoms with Crippen LogP contribution in [0.15, 0.2) is 122 Å².